The molecule has 3 nitrogen and oxygen atoms in total. The number of aromatic nitrogens is 1. The van der Waals surface area contributed by atoms with E-state index < -0.39 is 0 Å². The zero-order chi connectivity index (χ0) is 21.4. The van der Waals surface area contributed by atoms with E-state index >= 15 is 0 Å². The standard InChI is InChI=1S/C25H19Cl2N3S/c26-18-10-9-16(22(27)11-18)14-30-15-17(19-5-1-3-7-23(19)30)13-29-25-21(12-28)20-6-2-4-8-24(20)31-25/h1,3,5,7,9-11,13,15H,2,4,6,8,14H2/b29-13+. The summed E-state index contributed by atoms with van der Waals surface area (Å²) in [4.78, 5) is 6.09. The van der Waals surface area contributed by atoms with Crippen molar-refractivity contribution >= 4 is 56.7 Å². The summed E-state index contributed by atoms with van der Waals surface area (Å²) in [6.07, 6.45) is 8.39. The Morgan fingerprint density at radius 1 is 1.13 bits per heavy atom. The molecule has 0 saturated carbocycles. The zero-order valence-corrected chi connectivity index (χ0v) is 19.1. The minimum atomic E-state index is 0.630. The number of thiophene rings is 1. The third kappa shape index (κ3) is 3.90. The summed E-state index contributed by atoms with van der Waals surface area (Å²) in [5.41, 5.74) is 5.11. The predicted molar refractivity (Wildman–Crippen MR) is 130 cm³/mol. The van der Waals surface area contributed by atoms with E-state index in [2.05, 4.69) is 29.0 Å². The second kappa shape index (κ2) is 8.51. The summed E-state index contributed by atoms with van der Waals surface area (Å²) in [7, 11) is 0. The molecule has 0 radical (unpaired) electrons. The Hall–Kier alpha value is -2.58. The lowest BCUT2D eigenvalue weighted by atomic mass is 9.96. The molecule has 0 unspecified atom stereocenters. The van der Waals surface area contributed by atoms with Gasteiger partial charge in [-0.3, -0.25) is 0 Å². The van der Waals surface area contributed by atoms with Crippen LogP contribution in [-0.4, -0.2) is 10.8 Å². The van der Waals surface area contributed by atoms with Crippen molar-refractivity contribution in [1.29, 1.82) is 5.26 Å². The predicted octanol–water partition coefficient (Wildman–Crippen LogP) is 7.56. The van der Waals surface area contributed by atoms with Crippen molar-refractivity contribution in [2.24, 2.45) is 4.99 Å². The van der Waals surface area contributed by atoms with Gasteiger partial charge in [-0.25, -0.2) is 4.99 Å². The van der Waals surface area contributed by atoms with Gasteiger partial charge in [0.1, 0.15) is 11.1 Å². The van der Waals surface area contributed by atoms with Gasteiger partial charge < -0.3 is 4.57 Å². The van der Waals surface area contributed by atoms with Crippen molar-refractivity contribution in [3.05, 3.63) is 85.8 Å². The molecule has 154 valence electrons. The Balaban J connectivity index is 1.53. The third-order valence-corrected chi connectivity index (χ3v) is 7.55. The minimum Gasteiger partial charge on any atom is -0.342 e. The lowest BCUT2D eigenvalue weighted by Gasteiger charge is -2.09. The van der Waals surface area contributed by atoms with Gasteiger partial charge in [-0.05, 0) is 55.0 Å². The van der Waals surface area contributed by atoms with E-state index in [-0.39, 0.29) is 0 Å². The second-order valence-electron chi connectivity index (χ2n) is 7.73. The van der Waals surface area contributed by atoms with E-state index in [1.165, 1.54) is 16.9 Å². The van der Waals surface area contributed by atoms with E-state index in [0.717, 1.165) is 51.9 Å². The fourth-order valence-electron chi connectivity index (χ4n) is 4.23. The quantitative estimate of drug-likeness (QED) is 0.287. The first-order chi connectivity index (χ1) is 15.1. The first-order valence-electron chi connectivity index (χ1n) is 10.2. The normalized spacial score (nSPS) is 13.6. The number of nitrogens with zero attached hydrogens (tertiary/aromatic N) is 3. The molecule has 0 amide bonds. The number of aryl methyl sites for hydroxylation is 1. The molecule has 0 bridgehead atoms. The summed E-state index contributed by atoms with van der Waals surface area (Å²) >= 11 is 14.1. The van der Waals surface area contributed by atoms with Crippen LogP contribution < -0.4 is 0 Å². The van der Waals surface area contributed by atoms with Crippen LogP contribution in [0.5, 0.6) is 0 Å². The average Bonchev–Trinajstić information content (AvgIpc) is 3.32. The molecule has 0 fully saturated rings. The second-order valence-corrected chi connectivity index (χ2v) is 9.65. The fourth-order valence-corrected chi connectivity index (χ4v) is 5.88. The zero-order valence-electron chi connectivity index (χ0n) is 16.7. The van der Waals surface area contributed by atoms with Crippen molar-refractivity contribution in [2.45, 2.75) is 32.2 Å². The fraction of sp³-hybridized carbons (Fsp3) is 0.200. The van der Waals surface area contributed by atoms with Gasteiger partial charge in [0.15, 0.2) is 0 Å². The van der Waals surface area contributed by atoms with E-state index in [9.17, 15) is 5.26 Å². The van der Waals surface area contributed by atoms with E-state index in [1.54, 1.807) is 17.4 Å². The molecule has 0 spiro atoms. The van der Waals surface area contributed by atoms with Gasteiger partial charge in [-0.15, -0.1) is 11.3 Å². The van der Waals surface area contributed by atoms with Gasteiger partial charge in [0, 0.05) is 50.3 Å². The highest BCUT2D eigenvalue weighted by atomic mass is 35.5. The summed E-state index contributed by atoms with van der Waals surface area (Å²) in [6, 6.07) is 16.2. The highest BCUT2D eigenvalue weighted by Crippen LogP contribution is 2.39. The van der Waals surface area contributed by atoms with Crippen LogP contribution in [0.2, 0.25) is 10.0 Å². The molecule has 2 heterocycles. The number of halogens is 2. The van der Waals surface area contributed by atoms with Crippen LogP contribution in [0.3, 0.4) is 0 Å². The lowest BCUT2D eigenvalue weighted by molar-refractivity contribution is 0.696. The molecule has 0 atom stereocenters. The number of benzene rings is 2. The number of hydrogen-bond donors (Lipinski definition) is 0. The SMILES string of the molecule is N#Cc1c(/N=C/c2cn(Cc3ccc(Cl)cc3Cl)c3ccccc23)sc2c1CCCC2. The largest absolute Gasteiger partial charge is 0.342 e. The average molecular weight is 464 g/mol. The van der Waals surface area contributed by atoms with Crippen molar-refractivity contribution in [3.8, 4) is 6.07 Å². The molecule has 4 aromatic rings. The lowest BCUT2D eigenvalue weighted by Crippen LogP contribution is -1.99. The van der Waals surface area contributed by atoms with E-state index in [4.69, 9.17) is 28.2 Å². The molecule has 5 rings (SSSR count). The number of rotatable bonds is 4. The molecular weight excluding hydrogens is 445 g/mol. The Bertz CT molecular complexity index is 1360. The summed E-state index contributed by atoms with van der Waals surface area (Å²) < 4.78 is 2.18. The molecule has 0 aliphatic heterocycles. The van der Waals surface area contributed by atoms with Crippen LogP contribution in [0.1, 0.15) is 40.0 Å². The van der Waals surface area contributed by atoms with Crippen LogP contribution in [-0.2, 0) is 19.4 Å². The van der Waals surface area contributed by atoms with Crippen LogP contribution in [0.4, 0.5) is 5.00 Å². The van der Waals surface area contributed by atoms with Crippen LogP contribution in [0.15, 0.2) is 53.7 Å². The number of hydrogen-bond acceptors (Lipinski definition) is 3. The Morgan fingerprint density at radius 2 is 1.97 bits per heavy atom. The molecule has 0 N–H and O–H groups in total. The number of para-hydroxylation sites is 1. The highest BCUT2D eigenvalue weighted by molar-refractivity contribution is 7.16. The molecule has 2 aromatic carbocycles. The van der Waals surface area contributed by atoms with Crippen molar-refractivity contribution in [1.82, 2.24) is 4.57 Å². The van der Waals surface area contributed by atoms with Gasteiger partial charge in [0.05, 0.1) is 5.56 Å². The highest BCUT2D eigenvalue weighted by Gasteiger charge is 2.20. The molecular formula is C25H19Cl2N3S. The number of fused-ring (bicyclic) bond motifs is 2. The number of aliphatic imine (C=N–C) groups is 1. The van der Waals surface area contributed by atoms with Gasteiger partial charge >= 0.3 is 0 Å². The molecule has 1 aliphatic carbocycles. The van der Waals surface area contributed by atoms with Crippen LogP contribution in [0, 0.1) is 11.3 Å². The Kier molecular flexibility index (Phi) is 5.58. The topological polar surface area (TPSA) is 41.1 Å². The van der Waals surface area contributed by atoms with Gasteiger partial charge in [0.25, 0.3) is 0 Å². The summed E-state index contributed by atoms with van der Waals surface area (Å²) in [5, 5.41) is 12.9. The third-order valence-electron chi connectivity index (χ3n) is 5.76. The first-order valence-corrected chi connectivity index (χ1v) is 11.8. The maximum absolute atomic E-state index is 9.70. The van der Waals surface area contributed by atoms with Gasteiger partial charge in [-0.2, -0.15) is 5.26 Å². The Labute approximate surface area is 195 Å². The monoisotopic (exact) mass is 463 g/mol. The van der Waals surface area contributed by atoms with Crippen molar-refractivity contribution < 1.29 is 0 Å². The number of nitriles is 1. The summed E-state index contributed by atoms with van der Waals surface area (Å²) in [6.45, 7) is 0.640. The van der Waals surface area contributed by atoms with E-state index in [0.29, 0.717) is 16.6 Å². The minimum absolute atomic E-state index is 0.630. The maximum Gasteiger partial charge on any atom is 0.134 e. The first kappa shape index (κ1) is 20.3. The van der Waals surface area contributed by atoms with Crippen LogP contribution >= 0.6 is 34.5 Å². The van der Waals surface area contributed by atoms with Gasteiger partial charge in [-0.1, -0.05) is 47.5 Å². The van der Waals surface area contributed by atoms with E-state index in [1.807, 2.05) is 30.5 Å². The molecule has 0 saturated heterocycles. The molecule has 2 aromatic heterocycles. The van der Waals surface area contributed by atoms with Crippen LogP contribution in [0.25, 0.3) is 10.9 Å². The maximum atomic E-state index is 9.70. The molecule has 6 heteroatoms. The smallest absolute Gasteiger partial charge is 0.134 e. The van der Waals surface area contributed by atoms with Gasteiger partial charge in [0.2, 0.25) is 0 Å². The van der Waals surface area contributed by atoms with Crippen molar-refractivity contribution in [3.63, 3.8) is 0 Å². The summed E-state index contributed by atoms with van der Waals surface area (Å²) in [5.74, 6) is 0. The molecule has 1 aliphatic rings. The Morgan fingerprint density at radius 3 is 2.81 bits per heavy atom. The molecule has 31 heavy (non-hydrogen) atoms. The van der Waals surface area contributed by atoms with Crippen molar-refractivity contribution in [2.75, 3.05) is 0 Å².